The Labute approximate surface area is 143 Å². The Bertz CT molecular complexity index is 644. The van der Waals surface area contributed by atoms with Crippen LogP contribution in [-0.2, 0) is 14.6 Å². The summed E-state index contributed by atoms with van der Waals surface area (Å²) >= 11 is 0. The smallest absolute Gasteiger partial charge is 0.175 e. The van der Waals surface area contributed by atoms with Gasteiger partial charge in [-0.3, -0.25) is 16.0 Å². The van der Waals surface area contributed by atoms with Gasteiger partial charge < -0.3 is 9.64 Å². The number of piperazine rings is 1. The molecule has 0 spiro atoms. The van der Waals surface area contributed by atoms with Crippen molar-refractivity contribution >= 4 is 9.84 Å². The topological polar surface area (TPSA) is 82.7 Å². The summed E-state index contributed by atoms with van der Waals surface area (Å²) in [5.74, 6) is 0. The Morgan fingerprint density at radius 1 is 1.29 bits per heavy atom. The second-order valence-corrected chi connectivity index (χ2v) is 8.65. The molecule has 2 aliphatic rings. The van der Waals surface area contributed by atoms with Crippen LogP contribution >= 0.6 is 0 Å². The molecule has 2 heterocycles. The quantitative estimate of drug-likeness (QED) is 0.659. The average Bonchev–Trinajstić information content (AvgIpc) is 3.05. The van der Waals surface area contributed by atoms with Gasteiger partial charge in [0.25, 0.3) is 0 Å². The maximum Gasteiger partial charge on any atom is 0.175 e. The monoisotopic (exact) mass is 354 g/mol. The molecule has 8 heteroatoms. The van der Waals surface area contributed by atoms with Crippen LogP contribution in [0.5, 0.6) is 0 Å². The van der Waals surface area contributed by atoms with Gasteiger partial charge in [-0.25, -0.2) is 8.42 Å². The van der Waals surface area contributed by atoms with Crippen molar-refractivity contribution in [1.29, 1.82) is 0 Å². The second kappa shape index (κ2) is 7.47. The maximum atomic E-state index is 11.6. The Morgan fingerprint density at radius 3 is 2.67 bits per heavy atom. The summed E-state index contributed by atoms with van der Waals surface area (Å²) in [7, 11) is -1.05. The van der Waals surface area contributed by atoms with Gasteiger partial charge >= 0.3 is 0 Å². The zero-order chi connectivity index (χ0) is 17.2. The summed E-state index contributed by atoms with van der Waals surface area (Å²) < 4.78 is 28.7. The molecule has 7 nitrogen and oxygen atoms in total. The first-order valence-corrected chi connectivity index (χ1v) is 10.1. The van der Waals surface area contributed by atoms with E-state index in [1.165, 1.54) is 6.26 Å². The maximum absolute atomic E-state index is 11.6. The summed E-state index contributed by atoms with van der Waals surface area (Å²) in [6.07, 6.45) is 1.62. The van der Waals surface area contributed by atoms with Crippen LogP contribution in [-0.4, -0.2) is 71.8 Å². The van der Waals surface area contributed by atoms with Gasteiger partial charge in [0.05, 0.1) is 23.9 Å². The highest BCUT2D eigenvalue weighted by Crippen LogP contribution is 2.20. The van der Waals surface area contributed by atoms with Gasteiger partial charge in [0, 0.05) is 38.5 Å². The highest BCUT2D eigenvalue weighted by atomic mass is 32.2. The van der Waals surface area contributed by atoms with Crippen molar-refractivity contribution in [3.05, 3.63) is 29.8 Å². The number of sulfone groups is 1. The van der Waals surface area contributed by atoms with E-state index in [4.69, 9.17) is 4.74 Å². The van der Waals surface area contributed by atoms with Crippen LogP contribution < -0.4 is 16.0 Å². The van der Waals surface area contributed by atoms with Crippen molar-refractivity contribution in [3.8, 4) is 0 Å². The van der Waals surface area contributed by atoms with E-state index < -0.39 is 9.84 Å². The molecule has 0 aromatic heterocycles. The third kappa shape index (κ3) is 4.53. The van der Waals surface area contributed by atoms with E-state index in [2.05, 4.69) is 27.9 Å². The van der Waals surface area contributed by atoms with Crippen molar-refractivity contribution in [3.63, 3.8) is 0 Å². The van der Waals surface area contributed by atoms with E-state index in [-0.39, 0.29) is 18.3 Å². The van der Waals surface area contributed by atoms with Crippen molar-refractivity contribution in [1.82, 2.24) is 20.9 Å². The molecule has 3 N–H and O–H groups in total. The number of ether oxygens (including phenoxy) is 1. The number of rotatable bonds is 5. The summed E-state index contributed by atoms with van der Waals surface area (Å²) in [5, 5.41) is 10.3. The minimum atomic E-state index is -3.15. The van der Waals surface area contributed by atoms with Crippen LogP contribution in [0.25, 0.3) is 0 Å². The van der Waals surface area contributed by atoms with Gasteiger partial charge in [-0.1, -0.05) is 12.1 Å². The highest BCUT2D eigenvalue weighted by molar-refractivity contribution is 7.90. The van der Waals surface area contributed by atoms with Gasteiger partial charge in [-0.2, -0.15) is 0 Å². The van der Waals surface area contributed by atoms with E-state index in [1.54, 1.807) is 12.1 Å². The first-order valence-electron chi connectivity index (χ1n) is 8.22. The largest absolute Gasteiger partial charge is 0.360 e. The molecule has 0 amide bonds. The molecule has 24 heavy (non-hydrogen) atoms. The number of hydrogen-bond donors (Lipinski definition) is 3. The van der Waals surface area contributed by atoms with E-state index >= 15 is 0 Å². The van der Waals surface area contributed by atoms with E-state index in [1.807, 2.05) is 12.1 Å². The third-order valence-corrected chi connectivity index (χ3v) is 5.61. The summed E-state index contributed by atoms with van der Waals surface area (Å²) in [5.41, 5.74) is 1.10. The van der Waals surface area contributed by atoms with Crippen molar-refractivity contribution in [2.45, 2.75) is 23.2 Å². The molecular formula is C16H26N4O3S. The number of nitrogens with zero attached hydrogens (tertiary/aromatic N) is 1. The summed E-state index contributed by atoms with van der Waals surface area (Å²) in [4.78, 5) is 2.63. The lowest BCUT2D eigenvalue weighted by Gasteiger charge is -2.38. The van der Waals surface area contributed by atoms with Crippen LogP contribution in [0.1, 0.15) is 11.6 Å². The van der Waals surface area contributed by atoms with Crippen molar-refractivity contribution in [2.75, 3.05) is 46.2 Å². The van der Waals surface area contributed by atoms with Gasteiger partial charge in [-0.15, -0.1) is 0 Å². The normalized spacial score (nSPS) is 29.0. The number of hydrogen-bond acceptors (Lipinski definition) is 7. The first-order chi connectivity index (χ1) is 11.4. The Kier molecular flexibility index (Phi) is 5.53. The number of nitrogens with one attached hydrogen (secondary N) is 3. The third-order valence-electron chi connectivity index (χ3n) is 4.49. The minimum absolute atomic E-state index is 0.164. The molecule has 3 rings (SSSR count). The molecule has 0 radical (unpaired) electrons. The fourth-order valence-electron chi connectivity index (χ4n) is 3.18. The predicted molar refractivity (Wildman–Crippen MR) is 92.5 cm³/mol. The van der Waals surface area contributed by atoms with Gasteiger partial charge in [0.1, 0.15) is 0 Å². The van der Waals surface area contributed by atoms with E-state index in [0.717, 1.165) is 31.7 Å². The lowest BCUT2D eigenvalue weighted by molar-refractivity contribution is 0.0988. The molecule has 0 saturated carbocycles. The standard InChI is InChI=1S/C16H26N4O3S/c1-20-9-15(12-3-5-14(6-4-12)24(2,21)22)19-16(10-20)18-8-13-7-17-11-23-13/h3-6,13,15-19H,7-11H2,1-2H3. The van der Waals surface area contributed by atoms with Gasteiger partial charge in [0.2, 0.25) is 0 Å². The summed E-state index contributed by atoms with van der Waals surface area (Å²) in [6, 6.07) is 7.32. The van der Waals surface area contributed by atoms with Crippen LogP contribution in [0.15, 0.2) is 29.2 Å². The molecule has 134 valence electrons. The lowest BCUT2D eigenvalue weighted by atomic mass is 10.0. The van der Waals surface area contributed by atoms with Gasteiger partial charge in [-0.05, 0) is 24.7 Å². The van der Waals surface area contributed by atoms with Crippen LogP contribution in [0.4, 0.5) is 0 Å². The van der Waals surface area contributed by atoms with E-state index in [0.29, 0.717) is 11.6 Å². The van der Waals surface area contributed by atoms with Crippen molar-refractivity contribution in [2.24, 2.45) is 0 Å². The fourth-order valence-corrected chi connectivity index (χ4v) is 3.81. The van der Waals surface area contributed by atoms with Crippen LogP contribution in [0, 0.1) is 0 Å². The number of likely N-dealkylation sites (N-methyl/N-ethyl adjacent to an activating group) is 1. The molecule has 2 aliphatic heterocycles. The molecule has 3 atom stereocenters. The second-order valence-electron chi connectivity index (χ2n) is 6.63. The predicted octanol–water partition coefficient (Wildman–Crippen LogP) is -0.472. The lowest BCUT2D eigenvalue weighted by Crippen LogP contribution is -2.58. The summed E-state index contributed by atoms with van der Waals surface area (Å²) in [6.45, 7) is 4.11. The zero-order valence-electron chi connectivity index (χ0n) is 14.2. The van der Waals surface area contributed by atoms with Crippen molar-refractivity contribution < 1.29 is 13.2 Å². The average molecular weight is 354 g/mol. The van der Waals surface area contributed by atoms with Crippen LogP contribution in [0.2, 0.25) is 0 Å². The van der Waals surface area contributed by atoms with Gasteiger partial charge in [0.15, 0.2) is 9.84 Å². The highest BCUT2D eigenvalue weighted by Gasteiger charge is 2.26. The molecule has 2 saturated heterocycles. The molecule has 1 aromatic rings. The van der Waals surface area contributed by atoms with E-state index in [9.17, 15) is 8.42 Å². The zero-order valence-corrected chi connectivity index (χ0v) is 15.0. The fraction of sp³-hybridized carbons (Fsp3) is 0.625. The molecule has 1 aromatic carbocycles. The molecule has 0 aliphatic carbocycles. The Balaban J connectivity index is 1.62. The Morgan fingerprint density at radius 2 is 2.04 bits per heavy atom. The molecule has 2 fully saturated rings. The minimum Gasteiger partial charge on any atom is -0.360 e. The molecule has 3 unspecified atom stereocenters. The SMILES string of the molecule is CN1CC(NCC2CNCO2)NC(c2ccc(S(C)(=O)=O)cc2)C1. The molecule has 0 bridgehead atoms. The number of benzene rings is 1. The first kappa shape index (κ1) is 17.8. The molecular weight excluding hydrogens is 328 g/mol. The van der Waals surface area contributed by atoms with Crippen LogP contribution in [0.3, 0.4) is 0 Å². The Hall–Kier alpha value is -1.03.